The van der Waals surface area contributed by atoms with Gasteiger partial charge in [0.15, 0.2) is 0 Å². The zero-order valence-corrected chi connectivity index (χ0v) is 9.88. The fourth-order valence-corrected chi connectivity index (χ4v) is 2.03. The van der Waals surface area contributed by atoms with Crippen molar-refractivity contribution < 1.29 is 0 Å². The second-order valence-electron chi connectivity index (χ2n) is 4.86. The normalized spacial score (nSPS) is 17.7. The summed E-state index contributed by atoms with van der Waals surface area (Å²) in [5.41, 5.74) is 3.97. The van der Waals surface area contributed by atoms with Crippen LogP contribution in [0.1, 0.15) is 31.7 Å². The number of aromatic nitrogens is 2. The maximum atomic E-state index is 5.37. The highest BCUT2D eigenvalue weighted by molar-refractivity contribution is 5.55. The highest BCUT2D eigenvalue weighted by Crippen LogP contribution is 2.40. The molecule has 0 bridgehead atoms. The number of rotatable bonds is 4. The lowest BCUT2D eigenvalue weighted by molar-refractivity contribution is 0.180. The zero-order chi connectivity index (χ0) is 11.6. The Labute approximate surface area is 95.8 Å². The number of nitrogens with one attached hydrogen (secondary N) is 2. The number of nitrogens with two attached hydrogens (primary N) is 1. The topological polar surface area (TPSA) is 75.9 Å². The van der Waals surface area contributed by atoms with Crippen LogP contribution >= 0.6 is 0 Å². The van der Waals surface area contributed by atoms with E-state index in [1.54, 1.807) is 0 Å². The summed E-state index contributed by atoms with van der Waals surface area (Å²) >= 11 is 0. The molecular formula is C11H19N5. The molecule has 0 amide bonds. The first kappa shape index (κ1) is 11.1. The van der Waals surface area contributed by atoms with Crippen LogP contribution in [0.15, 0.2) is 6.33 Å². The molecule has 0 radical (unpaired) electrons. The Kier molecular flexibility index (Phi) is 2.96. The number of hydrogen-bond donors (Lipinski definition) is 3. The summed E-state index contributed by atoms with van der Waals surface area (Å²) in [6, 6.07) is 0. The van der Waals surface area contributed by atoms with Gasteiger partial charge in [-0.15, -0.1) is 0 Å². The molecule has 5 heteroatoms. The third-order valence-corrected chi connectivity index (χ3v) is 3.46. The average Bonchev–Trinajstić information content (AvgIpc) is 2.25. The number of nitrogen functional groups attached to an aromatic ring is 1. The number of anilines is 2. The van der Waals surface area contributed by atoms with E-state index in [9.17, 15) is 0 Å². The molecule has 0 aromatic carbocycles. The Hall–Kier alpha value is -1.36. The zero-order valence-electron chi connectivity index (χ0n) is 9.88. The molecule has 1 heterocycles. The predicted octanol–water partition coefficient (Wildman–Crippen LogP) is 1.67. The van der Waals surface area contributed by atoms with Crippen LogP contribution in [0.5, 0.6) is 0 Å². The molecular weight excluding hydrogens is 202 g/mol. The van der Waals surface area contributed by atoms with Crippen molar-refractivity contribution in [3.8, 4) is 0 Å². The van der Waals surface area contributed by atoms with Crippen molar-refractivity contribution in [1.82, 2.24) is 9.97 Å². The Morgan fingerprint density at radius 3 is 2.62 bits per heavy atom. The molecule has 1 aliphatic carbocycles. The molecule has 4 N–H and O–H groups in total. The van der Waals surface area contributed by atoms with Gasteiger partial charge in [0.2, 0.25) is 0 Å². The summed E-state index contributed by atoms with van der Waals surface area (Å²) in [5, 5.41) is 3.38. The smallest absolute Gasteiger partial charge is 0.148 e. The van der Waals surface area contributed by atoms with Crippen molar-refractivity contribution in [2.75, 3.05) is 17.3 Å². The fourth-order valence-electron chi connectivity index (χ4n) is 2.03. The van der Waals surface area contributed by atoms with Gasteiger partial charge >= 0.3 is 0 Å². The van der Waals surface area contributed by atoms with Gasteiger partial charge in [-0.3, -0.25) is 0 Å². The molecule has 0 saturated heterocycles. The maximum Gasteiger partial charge on any atom is 0.148 e. The largest absolute Gasteiger partial charge is 0.369 e. The van der Waals surface area contributed by atoms with Crippen molar-refractivity contribution in [3.05, 3.63) is 11.9 Å². The van der Waals surface area contributed by atoms with Gasteiger partial charge < -0.3 is 10.7 Å². The minimum Gasteiger partial charge on any atom is -0.369 e. The maximum absolute atomic E-state index is 5.37. The summed E-state index contributed by atoms with van der Waals surface area (Å²) < 4.78 is 0. The summed E-state index contributed by atoms with van der Waals surface area (Å²) in [6.07, 6.45) is 5.46. The van der Waals surface area contributed by atoms with Gasteiger partial charge in [-0.05, 0) is 25.2 Å². The Morgan fingerprint density at radius 2 is 2.06 bits per heavy atom. The van der Waals surface area contributed by atoms with E-state index in [1.165, 1.54) is 25.6 Å². The molecule has 1 aromatic rings. The highest BCUT2D eigenvalue weighted by atomic mass is 15.3. The van der Waals surface area contributed by atoms with E-state index in [0.29, 0.717) is 11.2 Å². The van der Waals surface area contributed by atoms with E-state index in [4.69, 9.17) is 5.84 Å². The van der Waals surface area contributed by atoms with Gasteiger partial charge in [0, 0.05) is 12.1 Å². The lowest BCUT2D eigenvalue weighted by atomic mass is 9.70. The van der Waals surface area contributed by atoms with Crippen LogP contribution in [0.3, 0.4) is 0 Å². The van der Waals surface area contributed by atoms with Crippen LogP contribution in [-0.4, -0.2) is 16.5 Å². The molecule has 88 valence electrons. The van der Waals surface area contributed by atoms with E-state index in [-0.39, 0.29) is 0 Å². The summed E-state index contributed by atoms with van der Waals surface area (Å²) in [7, 11) is 0. The lowest BCUT2D eigenvalue weighted by Crippen LogP contribution is -2.33. The monoisotopic (exact) mass is 221 g/mol. The van der Waals surface area contributed by atoms with Crippen LogP contribution in [0.2, 0.25) is 0 Å². The van der Waals surface area contributed by atoms with E-state index in [2.05, 4.69) is 27.6 Å². The van der Waals surface area contributed by atoms with E-state index in [0.717, 1.165) is 17.9 Å². The molecule has 0 unspecified atom stereocenters. The second kappa shape index (κ2) is 4.25. The summed E-state index contributed by atoms with van der Waals surface area (Å²) in [6.45, 7) is 5.23. The Morgan fingerprint density at radius 1 is 1.38 bits per heavy atom. The van der Waals surface area contributed by atoms with E-state index in [1.807, 2.05) is 6.92 Å². The van der Waals surface area contributed by atoms with Crippen LogP contribution in [0, 0.1) is 12.3 Å². The van der Waals surface area contributed by atoms with E-state index >= 15 is 0 Å². The molecule has 0 spiro atoms. The molecule has 0 aliphatic heterocycles. The molecule has 1 aliphatic rings. The SMILES string of the molecule is Cc1c(NN)ncnc1NCC1(C)CCC1. The number of nitrogens with zero attached hydrogens (tertiary/aromatic N) is 2. The standard InChI is InChI=1S/C11H19N5/c1-8-9(14-7-15-10(8)16-12)13-6-11(2)4-3-5-11/h7H,3-6,12H2,1-2H3,(H2,13,14,15,16). The van der Waals surface area contributed by atoms with Crippen molar-refractivity contribution >= 4 is 11.6 Å². The molecule has 0 atom stereocenters. The van der Waals surface area contributed by atoms with Gasteiger partial charge in [-0.1, -0.05) is 13.3 Å². The average molecular weight is 221 g/mol. The van der Waals surface area contributed by atoms with E-state index < -0.39 is 0 Å². The first-order valence-electron chi connectivity index (χ1n) is 5.67. The van der Waals surface area contributed by atoms with Crippen LogP contribution in [-0.2, 0) is 0 Å². The molecule has 1 fully saturated rings. The van der Waals surface area contributed by atoms with Gasteiger partial charge in [-0.25, -0.2) is 15.8 Å². The molecule has 16 heavy (non-hydrogen) atoms. The summed E-state index contributed by atoms with van der Waals surface area (Å²) in [5.74, 6) is 6.92. The van der Waals surface area contributed by atoms with Crippen molar-refractivity contribution in [3.63, 3.8) is 0 Å². The minimum atomic E-state index is 0.438. The second-order valence-corrected chi connectivity index (χ2v) is 4.86. The Bertz CT molecular complexity index is 373. The quantitative estimate of drug-likeness (QED) is 0.532. The molecule has 1 aromatic heterocycles. The highest BCUT2D eigenvalue weighted by Gasteiger charge is 2.31. The van der Waals surface area contributed by atoms with Gasteiger partial charge in [0.05, 0.1) is 0 Å². The van der Waals surface area contributed by atoms with Crippen LogP contribution < -0.4 is 16.6 Å². The van der Waals surface area contributed by atoms with Gasteiger partial charge in [0.1, 0.15) is 18.0 Å². The van der Waals surface area contributed by atoms with Crippen LogP contribution in [0.4, 0.5) is 11.6 Å². The number of hydrogen-bond acceptors (Lipinski definition) is 5. The number of hydrazine groups is 1. The summed E-state index contributed by atoms with van der Waals surface area (Å²) in [4.78, 5) is 8.28. The fraction of sp³-hybridized carbons (Fsp3) is 0.636. The molecule has 1 saturated carbocycles. The Balaban J connectivity index is 2.03. The van der Waals surface area contributed by atoms with Crippen molar-refractivity contribution in [2.45, 2.75) is 33.1 Å². The minimum absolute atomic E-state index is 0.438. The third kappa shape index (κ3) is 2.09. The van der Waals surface area contributed by atoms with Crippen molar-refractivity contribution in [2.24, 2.45) is 11.3 Å². The van der Waals surface area contributed by atoms with Crippen molar-refractivity contribution in [1.29, 1.82) is 0 Å². The first-order chi connectivity index (χ1) is 7.64. The molecule has 2 rings (SSSR count). The van der Waals surface area contributed by atoms with Gasteiger partial charge in [0.25, 0.3) is 0 Å². The van der Waals surface area contributed by atoms with Gasteiger partial charge in [-0.2, -0.15) is 0 Å². The molecule has 5 nitrogen and oxygen atoms in total. The predicted molar refractivity (Wildman–Crippen MR) is 65.0 cm³/mol. The third-order valence-electron chi connectivity index (χ3n) is 3.46. The first-order valence-corrected chi connectivity index (χ1v) is 5.67. The lowest BCUT2D eigenvalue weighted by Gasteiger charge is -2.38. The van der Waals surface area contributed by atoms with Crippen LogP contribution in [0.25, 0.3) is 0 Å².